The second-order valence-corrected chi connectivity index (χ2v) is 4.62. The molecule has 0 saturated carbocycles. The predicted octanol–water partition coefficient (Wildman–Crippen LogP) is 2.16. The number of ether oxygens (including phenoxy) is 1. The van der Waals surface area contributed by atoms with Gasteiger partial charge in [0.25, 0.3) is 0 Å². The van der Waals surface area contributed by atoms with Crippen molar-refractivity contribution in [3.8, 4) is 5.75 Å². The molecule has 116 valence electrons. The fourth-order valence-electron chi connectivity index (χ4n) is 1.98. The van der Waals surface area contributed by atoms with Gasteiger partial charge in [-0.15, -0.1) is 0 Å². The molecule has 0 aliphatic heterocycles. The molecule has 1 atom stereocenters. The molecule has 22 heavy (non-hydrogen) atoms. The molecule has 0 aliphatic rings. The smallest absolute Gasteiger partial charge is 0.239 e. The van der Waals surface area contributed by atoms with Gasteiger partial charge >= 0.3 is 0 Å². The summed E-state index contributed by atoms with van der Waals surface area (Å²) in [6, 6.07) is 11.4. The number of carbonyl (C=O) groups is 1. The maximum atomic E-state index is 13.4. The zero-order chi connectivity index (χ0) is 15.9. The quantitative estimate of drug-likeness (QED) is 0.771. The molecule has 1 amide bonds. The van der Waals surface area contributed by atoms with E-state index in [0.717, 1.165) is 17.7 Å². The number of carbonyl (C=O) groups excluding carboxylic acids is 1. The van der Waals surface area contributed by atoms with Crippen molar-refractivity contribution in [3.05, 3.63) is 65.7 Å². The van der Waals surface area contributed by atoms with E-state index in [2.05, 4.69) is 5.32 Å². The monoisotopic (exact) mass is 306 g/mol. The molecule has 2 aromatic rings. The lowest BCUT2D eigenvalue weighted by Crippen LogP contribution is -2.35. The Balaban J connectivity index is 1.87. The Morgan fingerprint density at radius 3 is 2.55 bits per heavy atom. The van der Waals surface area contributed by atoms with Crippen molar-refractivity contribution in [2.75, 3.05) is 13.2 Å². The van der Waals surface area contributed by atoms with Crippen LogP contribution in [-0.4, -0.2) is 19.1 Å². The van der Waals surface area contributed by atoms with E-state index in [0.29, 0.717) is 0 Å². The molecule has 0 fully saturated rings. The minimum atomic E-state index is -0.769. The lowest BCUT2D eigenvalue weighted by molar-refractivity contribution is -0.120. The third-order valence-corrected chi connectivity index (χ3v) is 3.02. The van der Waals surface area contributed by atoms with Crippen molar-refractivity contribution in [1.82, 2.24) is 5.32 Å². The summed E-state index contributed by atoms with van der Waals surface area (Å²) in [5, 5.41) is 2.94. The molecular weight excluding hydrogens is 290 g/mol. The molecule has 2 rings (SSSR count). The number of nitrogens with two attached hydrogens (primary N) is 1. The topological polar surface area (TPSA) is 64.4 Å². The number of benzene rings is 2. The van der Waals surface area contributed by atoms with Crippen molar-refractivity contribution >= 4 is 5.91 Å². The van der Waals surface area contributed by atoms with Crippen LogP contribution in [0.4, 0.5) is 8.78 Å². The van der Waals surface area contributed by atoms with Gasteiger partial charge in [0.1, 0.15) is 18.5 Å². The van der Waals surface area contributed by atoms with E-state index in [4.69, 9.17) is 10.5 Å². The highest BCUT2D eigenvalue weighted by atomic mass is 19.1. The Hall–Kier alpha value is -2.47. The summed E-state index contributed by atoms with van der Waals surface area (Å²) in [5.74, 6) is -1.99. The Morgan fingerprint density at radius 1 is 1.18 bits per heavy atom. The number of rotatable bonds is 7. The van der Waals surface area contributed by atoms with E-state index >= 15 is 0 Å². The van der Waals surface area contributed by atoms with E-state index in [1.807, 2.05) is 6.07 Å². The molecule has 2 aromatic carbocycles. The summed E-state index contributed by atoms with van der Waals surface area (Å²) in [6.45, 7) is 0.387. The Labute approximate surface area is 126 Å². The summed E-state index contributed by atoms with van der Waals surface area (Å²) in [6.07, 6.45) is 0. The Kier molecular flexibility index (Phi) is 5.43. The molecular formula is C16H16F2N2O2. The molecule has 0 spiro atoms. The highest BCUT2D eigenvalue weighted by molar-refractivity contribution is 5.81. The maximum Gasteiger partial charge on any atom is 0.239 e. The summed E-state index contributed by atoms with van der Waals surface area (Å²) >= 11 is 0. The van der Waals surface area contributed by atoms with Crippen LogP contribution in [0.3, 0.4) is 0 Å². The van der Waals surface area contributed by atoms with Gasteiger partial charge in [-0.1, -0.05) is 30.3 Å². The van der Waals surface area contributed by atoms with Crippen LogP contribution in [0.25, 0.3) is 0 Å². The van der Waals surface area contributed by atoms with Crippen molar-refractivity contribution < 1.29 is 18.3 Å². The molecule has 6 heteroatoms. The van der Waals surface area contributed by atoms with Gasteiger partial charge in [0, 0.05) is 12.6 Å². The summed E-state index contributed by atoms with van der Waals surface area (Å²) in [4.78, 5) is 11.5. The number of primary amides is 1. The Morgan fingerprint density at radius 2 is 1.91 bits per heavy atom. The standard InChI is InChI=1S/C16H16F2N2O2/c17-12-6-7-14(13(18)10-12)22-9-8-20-15(16(19)21)11-4-2-1-3-5-11/h1-7,10,15,20H,8-9H2,(H2,19,21)/t15-/m1/s1. The van der Waals surface area contributed by atoms with Gasteiger partial charge in [0.15, 0.2) is 11.6 Å². The predicted molar refractivity (Wildman–Crippen MR) is 78.2 cm³/mol. The summed E-state index contributed by atoms with van der Waals surface area (Å²) in [5.41, 5.74) is 6.10. The zero-order valence-corrected chi connectivity index (χ0v) is 11.8. The number of amides is 1. The molecule has 0 aromatic heterocycles. The first-order valence-electron chi connectivity index (χ1n) is 6.73. The third-order valence-electron chi connectivity index (χ3n) is 3.02. The molecule has 0 bridgehead atoms. The van der Waals surface area contributed by atoms with E-state index in [1.165, 1.54) is 6.07 Å². The van der Waals surface area contributed by atoms with Gasteiger partial charge < -0.3 is 10.5 Å². The van der Waals surface area contributed by atoms with E-state index in [9.17, 15) is 13.6 Å². The van der Waals surface area contributed by atoms with Gasteiger partial charge in [-0.2, -0.15) is 0 Å². The minimum Gasteiger partial charge on any atom is -0.489 e. The van der Waals surface area contributed by atoms with Gasteiger partial charge in [-0.05, 0) is 17.7 Å². The molecule has 0 radical (unpaired) electrons. The average Bonchev–Trinajstić information content (AvgIpc) is 2.49. The number of hydrogen-bond donors (Lipinski definition) is 2. The SMILES string of the molecule is NC(=O)[C@H](NCCOc1ccc(F)cc1F)c1ccccc1. The Bertz CT molecular complexity index is 635. The lowest BCUT2D eigenvalue weighted by atomic mass is 10.1. The minimum absolute atomic E-state index is 0.0430. The zero-order valence-electron chi connectivity index (χ0n) is 11.8. The van der Waals surface area contributed by atoms with Crippen LogP contribution < -0.4 is 15.8 Å². The van der Waals surface area contributed by atoms with Gasteiger partial charge in [-0.25, -0.2) is 8.78 Å². The van der Waals surface area contributed by atoms with Crippen molar-refractivity contribution in [2.24, 2.45) is 5.73 Å². The first kappa shape index (κ1) is 15.9. The van der Waals surface area contributed by atoms with Gasteiger partial charge in [0.2, 0.25) is 5.91 Å². The molecule has 4 nitrogen and oxygen atoms in total. The number of halogens is 2. The number of nitrogens with one attached hydrogen (secondary N) is 1. The average molecular weight is 306 g/mol. The van der Waals surface area contributed by atoms with E-state index in [1.54, 1.807) is 24.3 Å². The van der Waals surface area contributed by atoms with Crippen LogP contribution in [0.2, 0.25) is 0 Å². The van der Waals surface area contributed by atoms with Gasteiger partial charge in [-0.3, -0.25) is 10.1 Å². The van der Waals surface area contributed by atoms with Crippen molar-refractivity contribution in [3.63, 3.8) is 0 Å². The largest absolute Gasteiger partial charge is 0.489 e. The normalized spacial score (nSPS) is 11.9. The fourth-order valence-corrected chi connectivity index (χ4v) is 1.98. The maximum absolute atomic E-state index is 13.4. The molecule has 3 N–H and O–H groups in total. The highest BCUT2D eigenvalue weighted by Crippen LogP contribution is 2.17. The summed E-state index contributed by atoms with van der Waals surface area (Å²) < 4.78 is 31.3. The second-order valence-electron chi connectivity index (χ2n) is 4.62. The second kappa shape index (κ2) is 7.51. The third kappa shape index (κ3) is 4.26. The van der Waals surface area contributed by atoms with Crippen LogP contribution in [-0.2, 0) is 4.79 Å². The van der Waals surface area contributed by atoms with Crippen LogP contribution in [0.5, 0.6) is 5.75 Å². The van der Waals surface area contributed by atoms with Crippen LogP contribution in [0, 0.1) is 11.6 Å². The van der Waals surface area contributed by atoms with Crippen molar-refractivity contribution in [1.29, 1.82) is 0 Å². The first-order chi connectivity index (χ1) is 10.6. The molecule has 0 saturated heterocycles. The van der Waals surface area contributed by atoms with Crippen LogP contribution >= 0.6 is 0 Å². The fraction of sp³-hybridized carbons (Fsp3) is 0.188. The van der Waals surface area contributed by atoms with Crippen LogP contribution in [0.15, 0.2) is 48.5 Å². The van der Waals surface area contributed by atoms with Crippen molar-refractivity contribution in [2.45, 2.75) is 6.04 Å². The van der Waals surface area contributed by atoms with E-state index in [-0.39, 0.29) is 18.9 Å². The molecule has 0 unspecified atom stereocenters. The lowest BCUT2D eigenvalue weighted by Gasteiger charge is -2.16. The van der Waals surface area contributed by atoms with Crippen LogP contribution in [0.1, 0.15) is 11.6 Å². The first-order valence-corrected chi connectivity index (χ1v) is 6.73. The molecule has 0 aliphatic carbocycles. The van der Waals surface area contributed by atoms with E-state index < -0.39 is 23.6 Å². The number of hydrogen-bond acceptors (Lipinski definition) is 3. The molecule has 0 heterocycles. The van der Waals surface area contributed by atoms with Gasteiger partial charge in [0.05, 0.1) is 0 Å². The summed E-state index contributed by atoms with van der Waals surface area (Å²) in [7, 11) is 0. The highest BCUT2D eigenvalue weighted by Gasteiger charge is 2.16.